The number of pyridine rings is 1. The smallest absolute Gasteiger partial charge is 0.242 e. The average Bonchev–Trinajstić information content (AvgIpc) is 2.80. The Kier molecular flexibility index (Phi) is 3.34. The number of nitrogens with zero attached hydrogens (tertiary/aromatic N) is 2. The van der Waals surface area contributed by atoms with E-state index in [1.807, 2.05) is 53.9 Å². The molecule has 0 saturated carbocycles. The van der Waals surface area contributed by atoms with Crippen molar-refractivity contribution < 1.29 is 4.74 Å². The number of halogens is 1. The quantitative estimate of drug-likeness (QED) is 0.801. The Morgan fingerprint density at radius 3 is 2.90 bits per heavy atom. The number of aromatic nitrogens is 2. The lowest BCUT2D eigenvalue weighted by molar-refractivity contribution is 0.459. The van der Waals surface area contributed by atoms with Crippen LogP contribution in [0.25, 0.3) is 5.65 Å². The summed E-state index contributed by atoms with van der Waals surface area (Å²) >= 11 is 6.01. The molecule has 1 aromatic carbocycles. The average molecular weight is 288 g/mol. The van der Waals surface area contributed by atoms with Gasteiger partial charge in [-0.3, -0.25) is 4.40 Å². The standard InChI is InChI=1S/C15H14ClN3O/c1-10-8-11(5-6-12(10)16)20-15-13(9-17)19-7-3-2-4-14(19)18-15/h2-8H,9,17H2,1H3. The molecule has 20 heavy (non-hydrogen) atoms. The number of imidazole rings is 1. The highest BCUT2D eigenvalue weighted by atomic mass is 35.5. The Morgan fingerprint density at radius 1 is 1.30 bits per heavy atom. The molecule has 3 rings (SSSR count). The van der Waals surface area contributed by atoms with Gasteiger partial charge < -0.3 is 10.5 Å². The van der Waals surface area contributed by atoms with Gasteiger partial charge >= 0.3 is 0 Å². The second-order valence-electron chi connectivity index (χ2n) is 4.51. The van der Waals surface area contributed by atoms with E-state index in [2.05, 4.69) is 4.98 Å². The predicted octanol–water partition coefficient (Wildman–Crippen LogP) is 3.55. The number of benzene rings is 1. The summed E-state index contributed by atoms with van der Waals surface area (Å²) in [6.07, 6.45) is 1.92. The minimum Gasteiger partial charge on any atom is -0.437 e. The lowest BCUT2D eigenvalue weighted by Gasteiger charge is -2.06. The summed E-state index contributed by atoms with van der Waals surface area (Å²) in [6.45, 7) is 2.29. The summed E-state index contributed by atoms with van der Waals surface area (Å²) in [4.78, 5) is 4.46. The van der Waals surface area contributed by atoms with E-state index >= 15 is 0 Å². The number of hydrogen-bond acceptors (Lipinski definition) is 3. The molecular weight excluding hydrogens is 274 g/mol. The van der Waals surface area contributed by atoms with Crippen molar-refractivity contribution in [2.24, 2.45) is 5.73 Å². The summed E-state index contributed by atoms with van der Waals surface area (Å²) in [5.74, 6) is 1.23. The second kappa shape index (κ2) is 5.15. The Hall–Kier alpha value is -2.04. The molecule has 0 saturated heterocycles. The molecule has 0 aliphatic heterocycles. The van der Waals surface area contributed by atoms with Gasteiger partial charge in [0.2, 0.25) is 5.88 Å². The van der Waals surface area contributed by atoms with E-state index in [0.717, 1.165) is 16.9 Å². The lowest BCUT2D eigenvalue weighted by atomic mass is 10.2. The minimum absolute atomic E-state index is 0.354. The van der Waals surface area contributed by atoms with Crippen LogP contribution in [0.1, 0.15) is 11.3 Å². The molecule has 4 nitrogen and oxygen atoms in total. The van der Waals surface area contributed by atoms with E-state index in [4.69, 9.17) is 22.1 Å². The molecule has 0 radical (unpaired) electrons. The summed E-state index contributed by atoms with van der Waals surface area (Å²) in [5, 5.41) is 0.714. The highest BCUT2D eigenvalue weighted by Crippen LogP contribution is 2.28. The zero-order chi connectivity index (χ0) is 14.1. The number of fused-ring (bicyclic) bond motifs is 1. The Labute approximate surface area is 121 Å². The molecule has 0 bridgehead atoms. The fourth-order valence-corrected chi connectivity index (χ4v) is 2.20. The van der Waals surface area contributed by atoms with Crippen LogP contribution in [0.5, 0.6) is 11.6 Å². The van der Waals surface area contributed by atoms with Crippen molar-refractivity contribution in [1.82, 2.24) is 9.38 Å². The van der Waals surface area contributed by atoms with Gasteiger partial charge in [-0.1, -0.05) is 17.7 Å². The van der Waals surface area contributed by atoms with Crippen LogP contribution >= 0.6 is 11.6 Å². The van der Waals surface area contributed by atoms with Gasteiger partial charge in [-0.15, -0.1) is 0 Å². The fourth-order valence-electron chi connectivity index (χ4n) is 2.08. The maximum atomic E-state index is 6.01. The molecule has 0 amide bonds. The largest absolute Gasteiger partial charge is 0.437 e. The molecular formula is C15H14ClN3O. The number of ether oxygens (including phenoxy) is 1. The van der Waals surface area contributed by atoms with E-state index in [-0.39, 0.29) is 0 Å². The third-order valence-corrected chi connectivity index (χ3v) is 3.55. The van der Waals surface area contributed by atoms with Crippen molar-refractivity contribution in [2.45, 2.75) is 13.5 Å². The second-order valence-corrected chi connectivity index (χ2v) is 4.92. The SMILES string of the molecule is Cc1cc(Oc2nc3ccccn3c2CN)ccc1Cl. The van der Waals surface area contributed by atoms with E-state index in [9.17, 15) is 0 Å². The molecule has 0 aliphatic rings. The van der Waals surface area contributed by atoms with Gasteiger partial charge in [0.25, 0.3) is 0 Å². The van der Waals surface area contributed by atoms with E-state index < -0.39 is 0 Å². The van der Waals surface area contributed by atoms with Crippen LogP contribution < -0.4 is 10.5 Å². The minimum atomic E-state index is 0.354. The summed E-state index contributed by atoms with van der Waals surface area (Å²) in [7, 11) is 0. The molecule has 2 heterocycles. The van der Waals surface area contributed by atoms with Crippen LogP contribution in [0, 0.1) is 6.92 Å². The number of aryl methyl sites for hydroxylation is 1. The highest BCUT2D eigenvalue weighted by molar-refractivity contribution is 6.31. The van der Waals surface area contributed by atoms with Crippen molar-refractivity contribution in [3.8, 4) is 11.6 Å². The van der Waals surface area contributed by atoms with Gasteiger partial charge in [0, 0.05) is 17.8 Å². The molecule has 0 unspecified atom stereocenters. The predicted molar refractivity (Wildman–Crippen MR) is 79.3 cm³/mol. The van der Waals surface area contributed by atoms with Gasteiger partial charge in [-0.05, 0) is 42.8 Å². The van der Waals surface area contributed by atoms with Crippen LogP contribution in [0.15, 0.2) is 42.6 Å². The molecule has 102 valence electrons. The van der Waals surface area contributed by atoms with Crippen molar-refractivity contribution >= 4 is 17.2 Å². The van der Waals surface area contributed by atoms with E-state index in [1.165, 1.54) is 0 Å². The summed E-state index contributed by atoms with van der Waals surface area (Å²) in [6, 6.07) is 11.3. The first-order valence-electron chi connectivity index (χ1n) is 6.29. The molecule has 0 spiro atoms. The van der Waals surface area contributed by atoms with Crippen LogP contribution in [-0.2, 0) is 6.54 Å². The fraction of sp³-hybridized carbons (Fsp3) is 0.133. The van der Waals surface area contributed by atoms with Crippen molar-refractivity contribution in [3.63, 3.8) is 0 Å². The van der Waals surface area contributed by atoms with Gasteiger partial charge in [0.15, 0.2) is 0 Å². The zero-order valence-electron chi connectivity index (χ0n) is 11.0. The highest BCUT2D eigenvalue weighted by Gasteiger charge is 2.12. The van der Waals surface area contributed by atoms with Gasteiger partial charge in [0.05, 0.1) is 0 Å². The third-order valence-electron chi connectivity index (χ3n) is 3.13. The van der Waals surface area contributed by atoms with Gasteiger partial charge in [-0.25, -0.2) is 0 Å². The van der Waals surface area contributed by atoms with E-state index in [1.54, 1.807) is 0 Å². The van der Waals surface area contributed by atoms with Crippen molar-refractivity contribution in [3.05, 3.63) is 58.9 Å². The molecule has 2 aromatic heterocycles. The first kappa shape index (κ1) is 13.0. The van der Waals surface area contributed by atoms with Crippen molar-refractivity contribution in [2.75, 3.05) is 0 Å². The van der Waals surface area contributed by atoms with Crippen LogP contribution in [-0.4, -0.2) is 9.38 Å². The first-order valence-corrected chi connectivity index (χ1v) is 6.67. The Morgan fingerprint density at radius 2 is 2.15 bits per heavy atom. The maximum Gasteiger partial charge on any atom is 0.242 e. The Bertz CT molecular complexity index is 767. The zero-order valence-corrected chi connectivity index (χ0v) is 11.8. The number of nitrogens with two attached hydrogens (primary N) is 1. The molecule has 5 heteroatoms. The summed E-state index contributed by atoms with van der Waals surface area (Å²) in [5.41, 5.74) is 8.42. The van der Waals surface area contributed by atoms with Crippen LogP contribution in [0.2, 0.25) is 5.02 Å². The van der Waals surface area contributed by atoms with Crippen molar-refractivity contribution in [1.29, 1.82) is 0 Å². The topological polar surface area (TPSA) is 52.5 Å². The molecule has 0 aliphatic carbocycles. The van der Waals surface area contributed by atoms with Gasteiger partial charge in [0.1, 0.15) is 17.1 Å². The lowest BCUT2D eigenvalue weighted by Crippen LogP contribution is -2.02. The first-order chi connectivity index (χ1) is 9.69. The number of rotatable bonds is 3. The summed E-state index contributed by atoms with van der Waals surface area (Å²) < 4.78 is 7.78. The van der Waals surface area contributed by atoms with E-state index in [0.29, 0.717) is 23.2 Å². The monoisotopic (exact) mass is 287 g/mol. The Balaban J connectivity index is 2.03. The molecule has 0 fully saturated rings. The third kappa shape index (κ3) is 2.24. The molecule has 2 N–H and O–H groups in total. The maximum absolute atomic E-state index is 6.01. The normalized spacial score (nSPS) is 10.9. The van der Waals surface area contributed by atoms with Gasteiger partial charge in [-0.2, -0.15) is 4.98 Å². The van der Waals surface area contributed by atoms with Crippen LogP contribution in [0.4, 0.5) is 0 Å². The van der Waals surface area contributed by atoms with Crippen LogP contribution in [0.3, 0.4) is 0 Å². The molecule has 3 aromatic rings. The molecule has 0 atom stereocenters. The number of hydrogen-bond donors (Lipinski definition) is 1.